The van der Waals surface area contributed by atoms with E-state index in [0.717, 1.165) is 31.5 Å². The molecule has 1 fully saturated rings. The van der Waals surface area contributed by atoms with Crippen molar-refractivity contribution in [2.75, 3.05) is 18.5 Å². The van der Waals surface area contributed by atoms with Gasteiger partial charge in [0.2, 0.25) is 0 Å². The normalized spacial score (nSPS) is 26.8. The number of halogens is 1. The molecule has 1 N–H and O–H groups in total. The number of anilines is 1. The molecule has 3 atom stereocenters. The van der Waals surface area contributed by atoms with Gasteiger partial charge in [0.1, 0.15) is 5.82 Å². The van der Waals surface area contributed by atoms with Gasteiger partial charge in [-0.15, -0.1) is 0 Å². The topological polar surface area (TPSA) is 23.5 Å². The van der Waals surface area contributed by atoms with Crippen molar-refractivity contribution < 1.29 is 9.50 Å². The Morgan fingerprint density at radius 2 is 2.10 bits per heavy atom. The lowest BCUT2D eigenvalue weighted by atomic mass is 9.74. The molecule has 3 heteroatoms. The van der Waals surface area contributed by atoms with E-state index in [0.29, 0.717) is 11.8 Å². The first kappa shape index (κ1) is 15.3. The number of aliphatic hydroxyl groups is 1. The average Bonchev–Trinajstić information content (AvgIpc) is 2.41. The van der Waals surface area contributed by atoms with E-state index in [1.807, 2.05) is 13.1 Å². The Morgan fingerprint density at radius 3 is 2.75 bits per heavy atom. The van der Waals surface area contributed by atoms with Crippen molar-refractivity contribution in [2.24, 2.45) is 17.8 Å². The molecule has 1 aromatic carbocycles. The van der Waals surface area contributed by atoms with Crippen LogP contribution >= 0.6 is 0 Å². The molecule has 0 heterocycles. The summed E-state index contributed by atoms with van der Waals surface area (Å²) in [5, 5.41) is 10.2. The highest BCUT2D eigenvalue weighted by Crippen LogP contribution is 2.34. The van der Waals surface area contributed by atoms with E-state index in [4.69, 9.17) is 0 Å². The number of nitrogens with zero attached hydrogens (tertiary/aromatic N) is 1. The smallest absolute Gasteiger partial charge is 0.125 e. The zero-order valence-electron chi connectivity index (χ0n) is 12.7. The molecular formula is C17H26FNO. The molecule has 2 nitrogen and oxygen atoms in total. The van der Waals surface area contributed by atoms with Crippen molar-refractivity contribution in [3.63, 3.8) is 0 Å². The lowest BCUT2D eigenvalue weighted by molar-refractivity contribution is 0.0414. The van der Waals surface area contributed by atoms with Crippen molar-refractivity contribution in [2.45, 2.75) is 39.2 Å². The summed E-state index contributed by atoms with van der Waals surface area (Å²) in [5.41, 5.74) is 0.879. The van der Waals surface area contributed by atoms with E-state index in [2.05, 4.69) is 18.7 Å². The molecule has 0 aromatic heterocycles. The number of hydrogen-bond acceptors (Lipinski definition) is 2. The van der Waals surface area contributed by atoms with Crippen LogP contribution < -0.4 is 4.90 Å². The van der Waals surface area contributed by atoms with E-state index >= 15 is 0 Å². The summed E-state index contributed by atoms with van der Waals surface area (Å²) in [6.07, 6.45) is 2.86. The maximum absolute atomic E-state index is 13.3. The lowest BCUT2D eigenvalue weighted by Gasteiger charge is -2.37. The number of rotatable bonds is 4. The molecule has 112 valence electrons. The standard InChI is InChI=1S/C17H26FNO/c1-12(2)13-7-8-17(20)14(9-13)11-19(3)16-6-4-5-15(18)10-16/h4-6,10,12-14,17,20H,7-9,11H2,1-3H3. The molecule has 0 radical (unpaired) electrons. The second-order valence-electron chi connectivity index (χ2n) is 6.50. The molecule has 1 saturated carbocycles. The summed E-state index contributed by atoms with van der Waals surface area (Å²) >= 11 is 0. The van der Waals surface area contributed by atoms with Crippen LogP contribution in [0.25, 0.3) is 0 Å². The Hall–Kier alpha value is -1.09. The van der Waals surface area contributed by atoms with Crippen LogP contribution in [0.3, 0.4) is 0 Å². The van der Waals surface area contributed by atoms with Gasteiger partial charge in [-0.3, -0.25) is 0 Å². The first-order chi connectivity index (χ1) is 9.47. The molecule has 0 spiro atoms. The van der Waals surface area contributed by atoms with Gasteiger partial charge in [-0.2, -0.15) is 0 Å². The minimum Gasteiger partial charge on any atom is -0.393 e. The maximum Gasteiger partial charge on any atom is 0.125 e. The van der Waals surface area contributed by atoms with Gasteiger partial charge < -0.3 is 10.0 Å². The highest BCUT2D eigenvalue weighted by molar-refractivity contribution is 5.45. The summed E-state index contributed by atoms with van der Waals surface area (Å²) in [7, 11) is 1.97. The Balaban J connectivity index is 2.00. The number of benzene rings is 1. The zero-order chi connectivity index (χ0) is 14.7. The van der Waals surface area contributed by atoms with Gasteiger partial charge in [-0.25, -0.2) is 4.39 Å². The predicted octanol–water partition coefficient (Wildman–Crippen LogP) is 3.70. The third kappa shape index (κ3) is 3.72. The van der Waals surface area contributed by atoms with Gasteiger partial charge in [-0.05, 0) is 49.3 Å². The van der Waals surface area contributed by atoms with Crippen molar-refractivity contribution in [1.29, 1.82) is 0 Å². The van der Waals surface area contributed by atoms with Gasteiger partial charge >= 0.3 is 0 Å². The first-order valence-corrected chi connectivity index (χ1v) is 7.62. The number of aliphatic hydroxyl groups excluding tert-OH is 1. The van der Waals surface area contributed by atoms with Crippen molar-refractivity contribution >= 4 is 5.69 Å². The molecule has 1 aliphatic rings. The van der Waals surface area contributed by atoms with Crippen molar-refractivity contribution in [1.82, 2.24) is 0 Å². The van der Waals surface area contributed by atoms with E-state index < -0.39 is 0 Å². The average molecular weight is 279 g/mol. The minimum atomic E-state index is -0.221. The molecule has 3 unspecified atom stereocenters. The zero-order valence-corrected chi connectivity index (χ0v) is 12.7. The molecule has 0 saturated heterocycles. The summed E-state index contributed by atoms with van der Waals surface area (Å²) in [6, 6.07) is 6.66. The van der Waals surface area contributed by atoms with Gasteiger partial charge in [0, 0.05) is 25.2 Å². The summed E-state index contributed by atoms with van der Waals surface area (Å²) in [5.74, 6) is 1.44. The fourth-order valence-electron chi connectivity index (χ4n) is 3.26. The molecule has 2 rings (SSSR count). The Kier molecular flexibility index (Phi) is 5.03. The minimum absolute atomic E-state index is 0.210. The van der Waals surface area contributed by atoms with Gasteiger partial charge in [0.05, 0.1) is 6.10 Å². The molecule has 0 aliphatic heterocycles. The highest BCUT2D eigenvalue weighted by Gasteiger charge is 2.31. The van der Waals surface area contributed by atoms with Crippen molar-refractivity contribution in [3.05, 3.63) is 30.1 Å². The molecule has 0 bridgehead atoms. The van der Waals surface area contributed by atoms with Gasteiger partial charge in [0.25, 0.3) is 0 Å². The van der Waals surface area contributed by atoms with Crippen LogP contribution in [0.5, 0.6) is 0 Å². The molecule has 1 aliphatic carbocycles. The Labute approximate surface area is 121 Å². The summed E-state index contributed by atoms with van der Waals surface area (Å²) < 4.78 is 13.3. The fourth-order valence-corrected chi connectivity index (χ4v) is 3.26. The van der Waals surface area contributed by atoms with Crippen LogP contribution in [0.1, 0.15) is 33.1 Å². The fraction of sp³-hybridized carbons (Fsp3) is 0.647. The summed E-state index contributed by atoms with van der Waals surface area (Å²) in [4.78, 5) is 2.06. The van der Waals surface area contributed by atoms with Gasteiger partial charge in [0.15, 0.2) is 0 Å². The molecule has 20 heavy (non-hydrogen) atoms. The maximum atomic E-state index is 13.3. The Morgan fingerprint density at radius 1 is 1.35 bits per heavy atom. The van der Waals surface area contributed by atoms with E-state index in [1.54, 1.807) is 12.1 Å². The third-order valence-corrected chi connectivity index (χ3v) is 4.68. The van der Waals surface area contributed by atoms with Crippen LogP contribution in [0.2, 0.25) is 0 Å². The van der Waals surface area contributed by atoms with E-state index in [9.17, 15) is 9.50 Å². The van der Waals surface area contributed by atoms with Crippen LogP contribution in [-0.4, -0.2) is 24.8 Å². The quantitative estimate of drug-likeness (QED) is 0.908. The largest absolute Gasteiger partial charge is 0.393 e. The monoisotopic (exact) mass is 279 g/mol. The van der Waals surface area contributed by atoms with E-state index in [-0.39, 0.29) is 17.8 Å². The highest BCUT2D eigenvalue weighted by atomic mass is 19.1. The van der Waals surface area contributed by atoms with Crippen LogP contribution in [0.4, 0.5) is 10.1 Å². The SMILES string of the molecule is CC(C)C1CCC(O)C(CN(C)c2cccc(F)c2)C1. The lowest BCUT2D eigenvalue weighted by Crippen LogP contribution is -2.38. The van der Waals surface area contributed by atoms with Crippen LogP contribution in [-0.2, 0) is 0 Å². The van der Waals surface area contributed by atoms with Crippen LogP contribution in [0.15, 0.2) is 24.3 Å². The second-order valence-corrected chi connectivity index (χ2v) is 6.50. The third-order valence-electron chi connectivity index (χ3n) is 4.68. The second kappa shape index (κ2) is 6.57. The first-order valence-electron chi connectivity index (χ1n) is 7.62. The van der Waals surface area contributed by atoms with Crippen molar-refractivity contribution in [3.8, 4) is 0 Å². The Bertz CT molecular complexity index is 435. The summed E-state index contributed by atoms with van der Waals surface area (Å²) in [6.45, 7) is 5.30. The molecule has 0 amide bonds. The number of hydrogen-bond donors (Lipinski definition) is 1. The van der Waals surface area contributed by atoms with E-state index in [1.165, 1.54) is 6.07 Å². The van der Waals surface area contributed by atoms with Gasteiger partial charge in [-0.1, -0.05) is 19.9 Å². The predicted molar refractivity (Wildman–Crippen MR) is 81.3 cm³/mol. The molecule has 1 aromatic rings. The molecular weight excluding hydrogens is 253 g/mol. The van der Waals surface area contributed by atoms with Crippen LogP contribution in [0, 0.1) is 23.6 Å².